The predicted molar refractivity (Wildman–Crippen MR) is 93.4 cm³/mol. The number of carboxylic acid groups (broad SMARTS) is 1. The fourth-order valence-electron chi connectivity index (χ4n) is 2.40. The number of benzene rings is 1. The molecule has 1 aromatic heterocycles. The Kier molecular flexibility index (Phi) is 6.41. The van der Waals surface area contributed by atoms with Crippen molar-refractivity contribution in [2.24, 2.45) is 0 Å². The van der Waals surface area contributed by atoms with Crippen LogP contribution in [0, 0.1) is 6.92 Å². The standard InChI is InChI=1S/C18H13F6NO3S/c1-9-7-12(29-14(9)16(27)28)5-6-13(26)25-15(18(22,23)24)10-3-2-4-11(8-10)17(19,20)21/h2-8,15H,1H3,(H,25,26)(H,27,28). The molecule has 4 nitrogen and oxygen atoms in total. The SMILES string of the molecule is Cc1cc(C=CC(=O)NC(c2cccc(C(F)(F)F)c2)C(F)(F)F)sc1C(=O)O. The molecule has 2 N–H and O–H groups in total. The summed E-state index contributed by atoms with van der Waals surface area (Å²) in [7, 11) is 0. The molecule has 156 valence electrons. The van der Waals surface area contributed by atoms with Crippen LogP contribution in [0.15, 0.2) is 36.4 Å². The van der Waals surface area contributed by atoms with Crippen LogP contribution in [-0.2, 0) is 11.0 Å². The van der Waals surface area contributed by atoms with Gasteiger partial charge in [-0.3, -0.25) is 4.79 Å². The quantitative estimate of drug-likeness (QED) is 0.499. The third-order valence-electron chi connectivity index (χ3n) is 3.69. The fraction of sp³-hybridized carbons (Fsp3) is 0.222. The van der Waals surface area contributed by atoms with E-state index in [0.29, 0.717) is 22.6 Å². The Morgan fingerprint density at radius 1 is 1.14 bits per heavy atom. The van der Waals surface area contributed by atoms with Gasteiger partial charge < -0.3 is 10.4 Å². The van der Waals surface area contributed by atoms with E-state index in [1.807, 2.05) is 0 Å². The molecular weight excluding hydrogens is 424 g/mol. The number of hydrogen-bond acceptors (Lipinski definition) is 3. The molecule has 0 fully saturated rings. The molecule has 1 heterocycles. The van der Waals surface area contributed by atoms with Crippen molar-refractivity contribution in [2.75, 3.05) is 0 Å². The van der Waals surface area contributed by atoms with E-state index in [2.05, 4.69) is 0 Å². The van der Waals surface area contributed by atoms with Crippen molar-refractivity contribution in [2.45, 2.75) is 25.3 Å². The van der Waals surface area contributed by atoms with Crippen molar-refractivity contribution in [1.82, 2.24) is 5.32 Å². The summed E-state index contributed by atoms with van der Waals surface area (Å²) in [6.07, 6.45) is -8.00. The number of carbonyl (C=O) groups is 2. The van der Waals surface area contributed by atoms with E-state index >= 15 is 0 Å². The van der Waals surface area contributed by atoms with Crippen LogP contribution in [0.5, 0.6) is 0 Å². The molecule has 0 saturated carbocycles. The first kappa shape index (κ1) is 22.5. The van der Waals surface area contributed by atoms with E-state index in [9.17, 15) is 35.9 Å². The molecule has 0 aliphatic carbocycles. The van der Waals surface area contributed by atoms with Crippen LogP contribution >= 0.6 is 11.3 Å². The third-order valence-corrected chi connectivity index (χ3v) is 4.88. The number of nitrogens with one attached hydrogen (secondary N) is 1. The van der Waals surface area contributed by atoms with Crippen molar-refractivity contribution >= 4 is 29.3 Å². The first-order valence-electron chi connectivity index (χ1n) is 7.85. The minimum Gasteiger partial charge on any atom is -0.477 e. The number of thiophene rings is 1. The highest BCUT2D eigenvalue weighted by molar-refractivity contribution is 7.15. The summed E-state index contributed by atoms with van der Waals surface area (Å²) in [5, 5.41) is 10.6. The lowest BCUT2D eigenvalue weighted by Crippen LogP contribution is -2.37. The first-order valence-corrected chi connectivity index (χ1v) is 8.67. The van der Waals surface area contributed by atoms with Crippen LogP contribution < -0.4 is 5.32 Å². The Labute approximate surface area is 164 Å². The zero-order chi connectivity index (χ0) is 22.0. The largest absolute Gasteiger partial charge is 0.477 e. The number of carbonyl (C=O) groups excluding carboxylic acids is 1. The number of aryl methyl sites for hydroxylation is 1. The van der Waals surface area contributed by atoms with E-state index in [4.69, 9.17) is 5.11 Å². The molecule has 0 bridgehead atoms. The molecule has 1 aromatic carbocycles. The van der Waals surface area contributed by atoms with Gasteiger partial charge >= 0.3 is 18.3 Å². The molecular formula is C18H13F6NO3S. The highest BCUT2D eigenvalue weighted by atomic mass is 32.1. The first-order chi connectivity index (χ1) is 13.3. The molecule has 0 aliphatic heterocycles. The van der Waals surface area contributed by atoms with Crippen molar-refractivity contribution < 1.29 is 41.0 Å². The van der Waals surface area contributed by atoms with Gasteiger partial charge in [-0.2, -0.15) is 26.3 Å². The number of halogens is 6. The normalized spacial score (nSPS) is 13.5. The Hall–Kier alpha value is -2.82. The molecule has 0 spiro atoms. The van der Waals surface area contributed by atoms with Crippen molar-refractivity contribution in [3.63, 3.8) is 0 Å². The van der Waals surface area contributed by atoms with Crippen LogP contribution in [0.25, 0.3) is 6.08 Å². The lowest BCUT2D eigenvalue weighted by Gasteiger charge is -2.22. The average Bonchev–Trinajstić information content (AvgIpc) is 2.97. The maximum atomic E-state index is 13.3. The summed E-state index contributed by atoms with van der Waals surface area (Å²) in [5.41, 5.74) is -1.63. The van der Waals surface area contributed by atoms with Crippen molar-refractivity contribution in [3.05, 3.63) is 62.9 Å². The van der Waals surface area contributed by atoms with Crippen molar-refractivity contribution in [3.8, 4) is 0 Å². The second-order valence-electron chi connectivity index (χ2n) is 5.91. The van der Waals surface area contributed by atoms with Crippen LogP contribution in [0.3, 0.4) is 0 Å². The molecule has 1 atom stereocenters. The van der Waals surface area contributed by atoms with Gasteiger partial charge in [0.2, 0.25) is 5.91 Å². The van der Waals surface area contributed by atoms with E-state index < -0.39 is 41.4 Å². The molecule has 11 heteroatoms. The molecule has 1 unspecified atom stereocenters. The van der Waals surface area contributed by atoms with Gasteiger partial charge in [-0.15, -0.1) is 11.3 Å². The molecule has 2 aromatic rings. The predicted octanol–water partition coefficient (Wildman–Crippen LogP) is 5.21. The third kappa shape index (κ3) is 5.83. The lowest BCUT2D eigenvalue weighted by atomic mass is 10.0. The Morgan fingerprint density at radius 3 is 2.31 bits per heavy atom. The lowest BCUT2D eigenvalue weighted by molar-refractivity contribution is -0.162. The van der Waals surface area contributed by atoms with E-state index in [1.54, 1.807) is 5.32 Å². The summed E-state index contributed by atoms with van der Waals surface area (Å²) < 4.78 is 78.3. The summed E-state index contributed by atoms with van der Waals surface area (Å²) in [6.45, 7) is 1.52. The Morgan fingerprint density at radius 2 is 1.79 bits per heavy atom. The molecule has 29 heavy (non-hydrogen) atoms. The maximum absolute atomic E-state index is 13.3. The molecule has 1 amide bonds. The van der Waals surface area contributed by atoms with Crippen molar-refractivity contribution in [1.29, 1.82) is 0 Å². The van der Waals surface area contributed by atoms with Crippen LogP contribution in [0.2, 0.25) is 0 Å². The number of carboxylic acids is 1. The average molecular weight is 437 g/mol. The highest BCUT2D eigenvalue weighted by Gasteiger charge is 2.42. The zero-order valence-corrected chi connectivity index (χ0v) is 15.4. The smallest absolute Gasteiger partial charge is 0.416 e. The van der Waals surface area contributed by atoms with Gasteiger partial charge in [-0.25, -0.2) is 4.79 Å². The zero-order valence-electron chi connectivity index (χ0n) is 14.6. The summed E-state index contributed by atoms with van der Waals surface area (Å²) in [4.78, 5) is 23.2. The van der Waals surface area contributed by atoms with E-state index in [0.717, 1.165) is 35.6 Å². The summed E-state index contributed by atoms with van der Waals surface area (Å²) >= 11 is 0.822. The Balaban J connectivity index is 2.24. The number of aromatic carboxylic acids is 1. The topological polar surface area (TPSA) is 66.4 Å². The summed E-state index contributed by atoms with van der Waals surface area (Å²) in [6, 6.07) is 1.38. The Bertz CT molecular complexity index is 946. The van der Waals surface area contributed by atoms with Crippen LogP contribution in [-0.4, -0.2) is 23.2 Å². The van der Waals surface area contributed by atoms with Gasteiger partial charge in [0.1, 0.15) is 4.88 Å². The molecule has 0 saturated heterocycles. The van der Waals surface area contributed by atoms with Gasteiger partial charge in [0, 0.05) is 11.0 Å². The number of amides is 1. The van der Waals surface area contributed by atoms with Gasteiger partial charge in [-0.05, 0) is 42.3 Å². The van der Waals surface area contributed by atoms with Gasteiger partial charge in [0.15, 0.2) is 6.04 Å². The monoisotopic (exact) mass is 437 g/mol. The van der Waals surface area contributed by atoms with Crippen LogP contribution in [0.4, 0.5) is 26.3 Å². The fourth-order valence-corrected chi connectivity index (χ4v) is 3.31. The number of hydrogen-bond donors (Lipinski definition) is 2. The van der Waals surface area contributed by atoms with Gasteiger partial charge in [0.05, 0.1) is 5.56 Å². The van der Waals surface area contributed by atoms with E-state index in [-0.39, 0.29) is 4.88 Å². The summed E-state index contributed by atoms with van der Waals surface area (Å²) in [5.74, 6) is -2.38. The van der Waals surface area contributed by atoms with Crippen LogP contribution in [0.1, 0.15) is 37.3 Å². The molecule has 0 aliphatic rings. The minimum absolute atomic E-state index is 0.0159. The molecule has 2 rings (SSSR count). The number of rotatable bonds is 5. The second kappa shape index (κ2) is 8.27. The maximum Gasteiger partial charge on any atom is 0.416 e. The van der Waals surface area contributed by atoms with Gasteiger partial charge in [0.25, 0.3) is 0 Å². The van der Waals surface area contributed by atoms with Gasteiger partial charge in [-0.1, -0.05) is 12.1 Å². The van der Waals surface area contributed by atoms with E-state index in [1.165, 1.54) is 13.0 Å². The minimum atomic E-state index is -5.04. The molecule has 0 radical (unpaired) electrons. The second-order valence-corrected chi connectivity index (χ2v) is 6.99. The highest BCUT2D eigenvalue weighted by Crippen LogP contribution is 2.36. The number of alkyl halides is 6.